The van der Waals surface area contributed by atoms with Gasteiger partial charge in [0.1, 0.15) is 0 Å². The van der Waals surface area contributed by atoms with Gasteiger partial charge in [0.2, 0.25) is 0 Å². The van der Waals surface area contributed by atoms with Crippen molar-refractivity contribution in [1.82, 2.24) is 4.90 Å². The van der Waals surface area contributed by atoms with E-state index in [9.17, 15) is 0 Å². The predicted octanol–water partition coefficient (Wildman–Crippen LogP) is 1.74. The normalized spacial score (nSPS) is 10.9. The molecule has 0 spiro atoms. The lowest BCUT2D eigenvalue weighted by Crippen LogP contribution is -2.20. The third kappa shape index (κ3) is 4.81. The Kier molecular flexibility index (Phi) is 5.15. The average Bonchev–Trinajstić information content (AvgIpc) is 2.18. The molecule has 0 heterocycles. The van der Waals surface area contributed by atoms with E-state index >= 15 is 0 Å². The van der Waals surface area contributed by atoms with Gasteiger partial charge in [-0.25, -0.2) is 0 Å². The Morgan fingerprint density at radius 1 is 1.40 bits per heavy atom. The predicted molar refractivity (Wildman–Crippen MR) is 63.7 cm³/mol. The highest BCUT2D eigenvalue weighted by Gasteiger charge is 2.00. The molecular weight excluding hydrogens is 188 g/mol. The summed E-state index contributed by atoms with van der Waals surface area (Å²) in [6.07, 6.45) is 1.06. The van der Waals surface area contributed by atoms with Crippen molar-refractivity contribution < 1.29 is 4.74 Å². The van der Waals surface area contributed by atoms with Gasteiger partial charge in [-0.2, -0.15) is 0 Å². The first kappa shape index (κ1) is 12.0. The molecule has 0 fully saturated rings. The SMILES string of the molecule is COCCCN(C)Cc1cccc(N)c1. The van der Waals surface area contributed by atoms with Gasteiger partial charge in [0.05, 0.1) is 0 Å². The smallest absolute Gasteiger partial charge is 0.0474 e. The van der Waals surface area contributed by atoms with Crippen LogP contribution in [-0.4, -0.2) is 32.2 Å². The van der Waals surface area contributed by atoms with Crippen LogP contribution in [0.4, 0.5) is 5.69 Å². The second-order valence-electron chi connectivity index (χ2n) is 3.83. The molecule has 0 bridgehead atoms. The van der Waals surface area contributed by atoms with Crippen molar-refractivity contribution in [2.75, 3.05) is 33.0 Å². The van der Waals surface area contributed by atoms with Crippen LogP contribution in [-0.2, 0) is 11.3 Å². The van der Waals surface area contributed by atoms with Crippen LogP contribution in [0.2, 0.25) is 0 Å². The minimum Gasteiger partial charge on any atom is -0.399 e. The first-order valence-electron chi connectivity index (χ1n) is 5.24. The number of benzene rings is 1. The number of anilines is 1. The van der Waals surface area contributed by atoms with Crippen LogP contribution < -0.4 is 5.73 Å². The summed E-state index contributed by atoms with van der Waals surface area (Å²) in [6.45, 7) is 2.80. The Morgan fingerprint density at radius 3 is 2.87 bits per heavy atom. The molecule has 0 unspecified atom stereocenters. The molecule has 84 valence electrons. The summed E-state index contributed by atoms with van der Waals surface area (Å²) >= 11 is 0. The van der Waals surface area contributed by atoms with Gasteiger partial charge in [-0.15, -0.1) is 0 Å². The van der Waals surface area contributed by atoms with E-state index in [-0.39, 0.29) is 0 Å². The maximum Gasteiger partial charge on any atom is 0.0474 e. The molecule has 0 amide bonds. The number of hydrogen-bond acceptors (Lipinski definition) is 3. The lowest BCUT2D eigenvalue weighted by molar-refractivity contribution is 0.178. The van der Waals surface area contributed by atoms with Crippen molar-refractivity contribution in [3.63, 3.8) is 0 Å². The fourth-order valence-corrected chi connectivity index (χ4v) is 1.56. The minimum atomic E-state index is 0.821. The van der Waals surface area contributed by atoms with E-state index in [1.165, 1.54) is 5.56 Å². The van der Waals surface area contributed by atoms with Gasteiger partial charge in [-0.05, 0) is 31.2 Å². The lowest BCUT2D eigenvalue weighted by Gasteiger charge is -2.16. The summed E-state index contributed by atoms with van der Waals surface area (Å²) in [5.41, 5.74) is 7.81. The Hall–Kier alpha value is -1.06. The quantitative estimate of drug-likeness (QED) is 0.571. The molecule has 0 aliphatic rings. The summed E-state index contributed by atoms with van der Waals surface area (Å²) in [5.74, 6) is 0. The molecular formula is C12H20N2O. The van der Waals surface area contributed by atoms with Crippen molar-refractivity contribution in [2.45, 2.75) is 13.0 Å². The van der Waals surface area contributed by atoms with Gasteiger partial charge in [-0.3, -0.25) is 0 Å². The summed E-state index contributed by atoms with van der Waals surface area (Å²) in [6, 6.07) is 8.03. The molecule has 0 aliphatic heterocycles. The third-order valence-electron chi connectivity index (χ3n) is 2.29. The van der Waals surface area contributed by atoms with Crippen LogP contribution in [0.1, 0.15) is 12.0 Å². The van der Waals surface area contributed by atoms with Gasteiger partial charge in [0, 0.05) is 32.5 Å². The number of ether oxygens (including phenoxy) is 1. The van der Waals surface area contributed by atoms with Gasteiger partial charge in [-0.1, -0.05) is 12.1 Å². The third-order valence-corrected chi connectivity index (χ3v) is 2.29. The fraction of sp³-hybridized carbons (Fsp3) is 0.500. The van der Waals surface area contributed by atoms with E-state index in [1.807, 2.05) is 18.2 Å². The summed E-state index contributed by atoms with van der Waals surface area (Å²) in [4.78, 5) is 2.27. The molecule has 0 saturated heterocycles. The van der Waals surface area contributed by atoms with Crippen molar-refractivity contribution in [3.05, 3.63) is 29.8 Å². The molecule has 3 heteroatoms. The number of nitrogens with zero attached hydrogens (tertiary/aromatic N) is 1. The molecule has 15 heavy (non-hydrogen) atoms. The summed E-state index contributed by atoms with van der Waals surface area (Å²) < 4.78 is 5.01. The highest BCUT2D eigenvalue weighted by molar-refractivity contribution is 5.40. The zero-order chi connectivity index (χ0) is 11.1. The van der Waals surface area contributed by atoms with E-state index in [0.29, 0.717) is 0 Å². The van der Waals surface area contributed by atoms with Crippen LogP contribution in [0.15, 0.2) is 24.3 Å². The topological polar surface area (TPSA) is 38.5 Å². The maximum atomic E-state index is 5.72. The largest absolute Gasteiger partial charge is 0.399 e. The number of methoxy groups -OCH3 is 1. The van der Waals surface area contributed by atoms with Crippen molar-refractivity contribution in [2.24, 2.45) is 0 Å². The molecule has 0 aliphatic carbocycles. The fourth-order valence-electron chi connectivity index (χ4n) is 1.56. The minimum absolute atomic E-state index is 0.821. The van der Waals surface area contributed by atoms with Gasteiger partial charge >= 0.3 is 0 Å². The van der Waals surface area contributed by atoms with Gasteiger partial charge in [0.15, 0.2) is 0 Å². The Balaban J connectivity index is 2.34. The van der Waals surface area contributed by atoms with Crippen molar-refractivity contribution >= 4 is 5.69 Å². The zero-order valence-corrected chi connectivity index (χ0v) is 9.57. The average molecular weight is 208 g/mol. The van der Waals surface area contributed by atoms with Crippen molar-refractivity contribution in [1.29, 1.82) is 0 Å². The van der Waals surface area contributed by atoms with Crippen LogP contribution in [0, 0.1) is 0 Å². The first-order chi connectivity index (χ1) is 7.22. The number of nitrogen functional groups attached to an aromatic ring is 1. The highest BCUT2D eigenvalue weighted by atomic mass is 16.5. The molecule has 2 N–H and O–H groups in total. The number of rotatable bonds is 6. The highest BCUT2D eigenvalue weighted by Crippen LogP contribution is 2.08. The summed E-state index contributed by atoms with van der Waals surface area (Å²) in [7, 11) is 3.84. The maximum absolute atomic E-state index is 5.72. The standard InChI is InChI=1S/C12H20N2O/c1-14(7-4-8-15-2)10-11-5-3-6-12(13)9-11/h3,5-6,9H,4,7-8,10,13H2,1-2H3. The Morgan fingerprint density at radius 2 is 2.20 bits per heavy atom. The van der Waals surface area contributed by atoms with Gasteiger partial charge in [0.25, 0.3) is 0 Å². The van der Waals surface area contributed by atoms with E-state index < -0.39 is 0 Å². The van der Waals surface area contributed by atoms with E-state index in [1.54, 1.807) is 7.11 Å². The molecule has 1 rings (SSSR count). The van der Waals surface area contributed by atoms with E-state index in [4.69, 9.17) is 10.5 Å². The first-order valence-corrected chi connectivity index (χ1v) is 5.24. The van der Waals surface area contributed by atoms with E-state index in [0.717, 1.165) is 31.8 Å². The molecule has 0 aromatic heterocycles. The molecule has 1 aromatic carbocycles. The van der Waals surface area contributed by atoms with Crippen LogP contribution in [0.25, 0.3) is 0 Å². The van der Waals surface area contributed by atoms with Gasteiger partial charge < -0.3 is 15.4 Å². The van der Waals surface area contributed by atoms with Crippen LogP contribution in [0.3, 0.4) is 0 Å². The second kappa shape index (κ2) is 6.43. The molecule has 1 aromatic rings. The van der Waals surface area contributed by atoms with Crippen LogP contribution in [0.5, 0.6) is 0 Å². The molecule has 0 atom stereocenters. The lowest BCUT2D eigenvalue weighted by atomic mass is 10.2. The molecule has 3 nitrogen and oxygen atoms in total. The molecule has 0 saturated carbocycles. The second-order valence-corrected chi connectivity index (χ2v) is 3.83. The van der Waals surface area contributed by atoms with Crippen molar-refractivity contribution in [3.8, 4) is 0 Å². The van der Waals surface area contributed by atoms with Crippen LogP contribution >= 0.6 is 0 Å². The monoisotopic (exact) mass is 208 g/mol. The Labute approximate surface area is 91.8 Å². The number of hydrogen-bond donors (Lipinski definition) is 1. The Bertz CT molecular complexity index is 289. The number of nitrogens with two attached hydrogens (primary N) is 1. The molecule has 0 radical (unpaired) electrons. The van der Waals surface area contributed by atoms with E-state index in [2.05, 4.69) is 18.0 Å². The summed E-state index contributed by atoms with van der Waals surface area (Å²) in [5, 5.41) is 0. The zero-order valence-electron chi connectivity index (χ0n) is 9.57.